The van der Waals surface area contributed by atoms with Gasteiger partial charge in [0.15, 0.2) is 5.65 Å². The Bertz CT molecular complexity index is 982. The number of hydrogen-bond donors (Lipinski definition) is 2. The molecule has 3 aromatic rings. The Morgan fingerprint density at radius 2 is 1.93 bits per heavy atom. The fourth-order valence-electron chi connectivity index (χ4n) is 3.65. The highest BCUT2D eigenvalue weighted by atomic mass is 35.5. The largest absolute Gasteiger partial charge is 0.366 e. The van der Waals surface area contributed by atoms with Gasteiger partial charge in [0.1, 0.15) is 11.7 Å². The van der Waals surface area contributed by atoms with Gasteiger partial charge in [-0.25, -0.2) is 9.50 Å². The van der Waals surface area contributed by atoms with Crippen molar-refractivity contribution in [3.05, 3.63) is 47.6 Å². The maximum absolute atomic E-state index is 11.4. The molecule has 1 fully saturated rings. The molecule has 0 saturated heterocycles. The SMILES string of the molecule is O=C(CCl)NC1CCC(Nc2ccc3ncc(-c4cccc(Cl)c4)n3n2)CC1. The van der Waals surface area contributed by atoms with Gasteiger partial charge in [0.2, 0.25) is 5.91 Å². The van der Waals surface area contributed by atoms with Gasteiger partial charge in [0.05, 0.1) is 11.9 Å². The lowest BCUT2D eigenvalue weighted by Crippen LogP contribution is -2.40. The Balaban J connectivity index is 1.47. The molecule has 1 saturated carbocycles. The van der Waals surface area contributed by atoms with Gasteiger partial charge < -0.3 is 10.6 Å². The van der Waals surface area contributed by atoms with Crippen LogP contribution in [-0.4, -0.2) is 38.5 Å². The van der Waals surface area contributed by atoms with Gasteiger partial charge in [0.25, 0.3) is 0 Å². The van der Waals surface area contributed by atoms with Gasteiger partial charge in [-0.05, 0) is 49.9 Å². The van der Waals surface area contributed by atoms with Crippen LogP contribution in [0.4, 0.5) is 5.82 Å². The van der Waals surface area contributed by atoms with Crippen LogP contribution in [0, 0.1) is 0 Å². The number of anilines is 1. The molecule has 146 valence electrons. The molecule has 1 aromatic carbocycles. The predicted molar refractivity (Wildman–Crippen MR) is 112 cm³/mol. The summed E-state index contributed by atoms with van der Waals surface area (Å²) in [5.74, 6) is 0.725. The smallest absolute Gasteiger partial charge is 0.235 e. The number of halogens is 2. The van der Waals surface area contributed by atoms with E-state index in [1.165, 1.54) is 0 Å². The lowest BCUT2D eigenvalue weighted by atomic mass is 9.91. The molecule has 0 radical (unpaired) electrons. The van der Waals surface area contributed by atoms with Crippen molar-refractivity contribution >= 4 is 40.6 Å². The number of nitrogens with zero attached hydrogens (tertiary/aromatic N) is 3. The van der Waals surface area contributed by atoms with Crippen molar-refractivity contribution in [2.75, 3.05) is 11.2 Å². The third kappa shape index (κ3) is 4.23. The zero-order chi connectivity index (χ0) is 19.5. The van der Waals surface area contributed by atoms with Crippen LogP contribution in [0.1, 0.15) is 25.7 Å². The first-order chi connectivity index (χ1) is 13.6. The molecule has 2 N–H and O–H groups in total. The molecule has 0 bridgehead atoms. The van der Waals surface area contributed by atoms with Crippen LogP contribution in [0.3, 0.4) is 0 Å². The van der Waals surface area contributed by atoms with Gasteiger partial charge >= 0.3 is 0 Å². The molecule has 1 amide bonds. The fourth-order valence-corrected chi connectivity index (χ4v) is 3.92. The number of nitrogens with one attached hydrogen (secondary N) is 2. The summed E-state index contributed by atoms with van der Waals surface area (Å²) in [6.45, 7) is 0. The number of amides is 1. The molecule has 4 rings (SSSR count). The minimum atomic E-state index is -0.0983. The quantitative estimate of drug-likeness (QED) is 0.612. The zero-order valence-corrected chi connectivity index (χ0v) is 16.7. The number of carbonyl (C=O) groups excluding carboxylic acids is 1. The summed E-state index contributed by atoms with van der Waals surface area (Å²) in [5.41, 5.74) is 2.65. The third-order valence-corrected chi connectivity index (χ3v) is 5.53. The second kappa shape index (κ2) is 8.37. The van der Waals surface area contributed by atoms with Crippen molar-refractivity contribution in [3.63, 3.8) is 0 Å². The second-order valence-electron chi connectivity index (χ2n) is 7.04. The van der Waals surface area contributed by atoms with E-state index >= 15 is 0 Å². The normalized spacial score (nSPS) is 19.5. The van der Waals surface area contributed by atoms with Crippen molar-refractivity contribution in [2.45, 2.75) is 37.8 Å². The highest BCUT2D eigenvalue weighted by Crippen LogP contribution is 2.25. The summed E-state index contributed by atoms with van der Waals surface area (Å²) in [7, 11) is 0. The van der Waals surface area contributed by atoms with Crippen LogP contribution >= 0.6 is 23.2 Å². The molecule has 6 nitrogen and oxygen atoms in total. The molecule has 0 atom stereocenters. The standard InChI is InChI=1S/C20H21Cl2N5O/c21-11-20(28)25-16-6-4-15(5-7-16)24-18-8-9-19-23-12-17(27(19)26-18)13-2-1-3-14(22)10-13/h1-3,8-10,12,15-16H,4-7,11H2,(H,24,26)(H,25,28). The Morgan fingerprint density at radius 1 is 1.14 bits per heavy atom. The van der Waals surface area contributed by atoms with Crippen molar-refractivity contribution in [1.29, 1.82) is 0 Å². The van der Waals surface area contributed by atoms with E-state index in [-0.39, 0.29) is 17.8 Å². The maximum Gasteiger partial charge on any atom is 0.235 e. The van der Waals surface area contributed by atoms with Crippen LogP contribution < -0.4 is 10.6 Å². The first kappa shape index (κ1) is 19.0. The second-order valence-corrected chi connectivity index (χ2v) is 7.74. The van der Waals surface area contributed by atoms with Crippen LogP contribution in [-0.2, 0) is 4.79 Å². The summed E-state index contributed by atoms with van der Waals surface area (Å²) < 4.78 is 1.83. The average molecular weight is 418 g/mol. The molecule has 1 aliphatic carbocycles. The number of carbonyl (C=O) groups is 1. The molecule has 0 unspecified atom stereocenters. The maximum atomic E-state index is 11.4. The van der Waals surface area contributed by atoms with Crippen LogP contribution in [0.5, 0.6) is 0 Å². The van der Waals surface area contributed by atoms with Crippen molar-refractivity contribution in [3.8, 4) is 11.3 Å². The number of rotatable bonds is 5. The van der Waals surface area contributed by atoms with Crippen LogP contribution in [0.2, 0.25) is 5.02 Å². The van der Waals surface area contributed by atoms with Gasteiger partial charge in [-0.1, -0.05) is 23.7 Å². The van der Waals surface area contributed by atoms with E-state index in [2.05, 4.69) is 15.6 Å². The van der Waals surface area contributed by atoms with Crippen molar-refractivity contribution < 1.29 is 4.79 Å². The fraction of sp³-hybridized carbons (Fsp3) is 0.350. The number of imidazole rings is 1. The number of benzene rings is 1. The molecule has 2 aromatic heterocycles. The van der Waals surface area contributed by atoms with E-state index in [4.69, 9.17) is 28.3 Å². The summed E-state index contributed by atoms with van der Waals surface area (Å²) >= 11 is 11.7. The monoisotopic (exact) mass is 417 g/mol. The summed E-state index contributed by atoms with van der Waals surface area (Å²) in [6, 6.07) is 12.1. The topological polar surface area (TPSA) is 71.3 Å². The number of aromatic nitrogens is 3. The highest BCUT2D eigenvalue weighted by molar-refractivity contribution is 6.30. The summed E-state index contributed by atoms with van der Waals surface area (Å²) in [5, 5.41) is 11.9. The van der Waals surface area contributed by atoms with E-state index < -0.39 is 0 Å². The third-order valence-electron chi connectivity index (χ3n) is 5.05. The van der Waals surface area contributed by atoms with Gasteiger partial charge in [-0.2, -0.15) is 0 Å². The Labute approximate surface area is 173 Å². The highest BCUT2D eigenvalue weighted by Gasteiger charge is 2.22. The molecule has 2 heterocycles. The minimum Gasteiger partial charge on any atom is -0.366 e. The summed E-state index contributed by atoms with van der Waals surface area (Å²) in [6.07, 6.45) is 5.61. The summed E-state index contributed by atoms with van der Waals surface area (Å²) in [4.78, 5) is 15.9. The van der Waals surface area contributed by atoms with E-state index in [0.29, 0.717) is 11.1 Å². The first-order valence-corrected chi connectivity index (χ1v) is 10.3. The van der Waals surface area contributed by atoms with Crippen molar-refractivity contribution in [1.82, 2.24) is 19.9 Å². The van der Waals surface area contributed by atoms with E-state index in [1.54, 1.807) is 0 Å². The Morgan fingerprint density at radius 3 is 2.68 bits per heavy atom. The minimum absolute atomic E-state index is 0.0159. The van der Waals surface area contributed by atoms with Gasteiger partial charge in [-0.3, -0.25) is 4.79 Å². The molecule has 8 heteroatoms. The van der Waals surface area contributed by atoms with Crippen molar-refractivity contribution in [2.24, 2.45) is 0 Å². The van der Waals surface area contributed by atoms with E-state index in [9.17, 15) is 4.79 Å². The van der Waals surface area contributed by atoms with Crippen LogP contribution in [0.25, 0.3) is 16.9 Å². The lowest BCUT2D eigenvalue weighted by Gasteiger charge is -2.29. The average Bonchev–Trinajstić information content (AvgIpc) is 3.12. The molecular formula is C20H21Cl2N5O. The molecule has 0 aliphatic heterocycles. The number of fused-ring (bicyclic) bond motifs is 1. The Hall–Kier alpha value is -2.31. The van der Waals surface area contributed by atoms with E-state index in [1.807, 2.05) is 47.1 Å². The Kier molecular flexibility index (Phi) is 5.69. The zero-order valence-electron chi connectivity index (χ0n) is 15.2. The van der Waals surface area contributed by atoms with Crippen LogP contribution in [0.15, 0.2) is 42.6 Å². The van der Waals surface area contributed by atoms with E-state index in [0.717, 1.165) is 48.4 Å². The molecule has 1 aliphatic rings. The van der Waals surface area contributed by atoms with Gasteiger partial charge in [0, 0.05) is 22.7 Å². The van der Waals surface area contributed by atoms with Gasteiger partial charge in [-0.15, -0.1) is 16.7 Å². The lowest BCUT2D eigenvalue weighted by molar-refractivity contribution is -0.119. The number of alkyl halides is 1. The molecular weight excluding hydrogens is 397 g/mol. The first-order valence-electron chi connectivity index (χ1n) is 9.35. The molecule has 28 heavy (non-hydrogen) atoms. The molecule has 0 spiro atoms. The number of hydrogen-bond acceptors (Lipinski definition) is 4. The predicted octanol–water partition coefficient (Wildman–Crippen LogP) is 4.13.